The Morgan fingerprint density at radius 3 is 3.10 bits per heavy atom. The zero-order chi connectivity index (χ0) is 15.0. The lowest BCUT2D eigenvalue weighted by atomic mass is 9.78. The van der Waals surface area contributed by atoms with Crippen molar-refractivity contribution in [2.24, 2.45) is 5.92 Å². The van der Waals surface area contributed by atoms with E-state index in [-0.39, 0.29) is 12.4 Å². The Kier molecular flexibility index (Phi) is 3.26. The van der Waals surface area contributed by atoms with Gasteiger partial charge in [-0.1, -0.05) is 13.3 Å². The third-order valence-electron chi connectivity index (χ3n) is 4.12. The molecular formula is C14H18N6O. The van der Waals surface area contributed by atoms with Crippen LogP contribution in [0, 0.1) is 17.2 Å². The molecule has 1 aliphatic carbocycles. The van der Waals surface area contributed by atoms with Crippen LogP contribution in [-0.4, -0.2) is 24.6 Å². The number of hydrogen-bond donors (Lipinski definition) is 2. The molecule has 1 saturated carbocycles. The van der Waals surface area contributed by atoms with E-state index >= 15 is 0 Å². The van der Waals surface area contributed by atoms with E-state index in [4.69, 9.17) is 11.0 Å². The second-order valence-corrected chi connectivity index (χ2v) is 5.87. The highest BCUT2D eigenvalue weighted by molar-refractivity contribution is 5.81. The molecule has 21 heavy (non-hydrogen) atoms. The smallest absolute Gasteiger partial charge is 0.166 e. The Labute approximate surface area is 122 Å². The van der Waals surface area contributed by atoms with Crippen molar-refractivity contribution in [1.82, 2.24) is 19.5 Å². The number of aromatic nitrogens is 4. The Balaban J connectivity index is 2.11. The molecule has 3 N–H and O–H groups in total. The zero-order valence-corrected chi connectivity index (χ0v) is 12.0. The number of aliphatic hydroxyl groups is 1. The van der Waals surface area contributed by atoms with Crippen molar-refractivity contribution in [3.63, 3.8) is 0 Å². The number of nitrogens with zero attached hydrogens (tertiary/aromatic N) is 5. The van der Waals surface area contributed by atoms with Crippen LogP contribution in [-0.2, 0) is 12.1 Å². The molecule has 0 radical (unpaired) electrons. The number of nitriles is 1. The molecule has 7 heteroatoms. The predicted molar refractivity (Wildman–Crippen MR) is 76.9 cm³/mol. The zero-order valence-electron chi connectivity index (χ0n) is 12.0. The van der Waals surface area contributed by atoms with Crippen molar-refractivity contribution in [3.05, 3.63) is 12.2 Å². The van der Waals surface area contributed by atoms with Gasteiger partial charge in [0.05, 0.1) is 12.4 Å². The van der Waals surface area contributed by atoms with Crippen LogP contribution in [0.5, 0.6) is 0 Å². The molecular weight excluding hydrogens is 268 g/mol. The summed E-state index contributed by atoms with van der Waals surface area (Å²) < 4.78 is 1.62. The Morgan fingerprint density at radius 1 is 1.57 bits per heavy atom. The standard InChI is InChI=1S/C14H18N6O/c1-9-3-2-4-14(21,7-9)13-18-11(16)10-12(19-13)20(6-5-15)8-17-10/h8-9,21H,2-4,6-7H2,1H3,(H2,16,18,19)/t9-,14+/m1/s1. The van der Waals surface area contributed by atoms with Crippen LogP contribution in [0.1, 0.15) is 38.4 Å². The predicted octanol–water partition coefficient (Wildman–Crippen LogP) is 1.33. The van der Waals surface area contributed by atoms with Crippen molar-refractivity contribution in [2.45, 2.75) is 44.8 Å². The van der Waals surface area contributed by atoms with E-state index in [0.717, 1.165) is 12.8 Å². The molecule has 0 amide bonds. The van der Waals surface area contributed by atoms with Gasteiger partial charge in [-0.25, -0.2) is 15.0 Å². The summed E-state index contributed by atoms with van der Waals surface area (Å²) in [5.41, 5.74) is 5.88. The van der Waals surface area contributed by atoms with Crippen LogP contribution in [0.4, 0.5) is 5.82 Å². The lowest BCUT2D eigenvalue weighted by molar-refractivity contribution is -0.0252. The van der Waals surface area contributed by atoms with Gasteiger partial charge >= 0.3 is 0 Å². The molecule has 2 heterocycles. The quantitative estimate of drug-likeness (QED) is 0.860. The number of hydrogen-bond acceptors (Lipinski definition) is 6. The summed E-state index contributed by atoms with van der Waals surface area (Å²) in [4.78, 5) is 12.9. The lowest BCUT2D eigenvalue weighted by Crippen LogP contribution is -2.34. The van der Waals surface area contributed by atoms with Gasteiger partial charge in [0.25, 0.3) is 0 Å². The van der Waals surface area contributed by atoms with E-state index in [2.05, 4.69) is 27.9 Å². The molecule has 2 aromatic heterocycles. The Morgan fingerprint density at radius 2 is 2.38 bits per heavy atom. The van der Waals surface area contributed by atoms with Crippen LogP contribution in [0.2, 0.25) is 0 Å². The molecule has 2 aromatic rings. The van der Waals surface area contributed by atoms with Crippen molar-refractivity contribution < 1.29 is 5.11 Å². The van der Waals surface area contributed by atoms with Gasteiger partial charge in [-0.05, 0) is 25.2 Å². The maximum Gasteiger partial charge on any atom is 0.166 e. The first-order chi connectivity index (χ1) is 10.0. The van der Waals surface area contributed by atoms with Crippen molar-refractivity contribution >= 4 is 17.0 Å². The molecule has 0 aromatic carbocycles. The summed E-state index contributed by atoms with van der Waals surface area (Å²) in [5.74, 6) is 1.02. The van der Waals surface area contributed by atoms with E-state index in [1.165, 1.54) is 6.33 Å². The molecule has 1 fully saturated rings. The molecule has 3 rings (SSSR count). The van der Waals surface area contributed by atoms with Crippen LogP contribution in [0.3, 0.4) is 0 Å². The minimum atomic E-state index is -1.04. The summed E-state index contributed by atoms with van der Waals surface area (Å²) in [6.07, 6.45) is 4.83. The molecule has 7 nitrogen and oxygen atoms in total. The van der Waals surface area contributed by atoms with Crippen LogP contribution >= 0.6 is 0 Å². The van der Waals surface area contributed by atoms with E-state index in [1.807, 2.05) is 0 Å². The van der Waals surface area contributed by atoms with Gasteiger partial charge < -0.3 is 15.4 Å². The fourth-order valence-corrected chi connectivity index (χ4v) is 3.09. The first kappa shape index (κ1) is 13.8. The number of rotatable bonds is 2. The highest BCUT2D eigenvalue weighted by Crippen LogP contribution is 2.39. The van der Waals surface area contributed by atoms with Crippen LogP contribution in [0.25, 0.3) is 11.2 Å². The fraction of sp³-hybridized carbons (Fsp3) is 0.571. The molecule has 1 aliphatic rings. The number of fused-ring (bicyclic) bond motifs is 1. The van der Waals surface area contributed by atoms with E-state index in [9.17, 15) is 5.11 Å². The first-order valence-electron chi connectivity index (χ1n) is 7.11. The SMILES string of the molecule is C[C@@H]1CCC[C@@](O)(c2nc(N)c3ncn(CC#N)c3n2)C1. The van der Waals surface area contributed by atoms with E-state index in [1.54, 1.807) is 4.57 Å². The lowest BCUT2D eigenvalue weighted by Gasteiger charge is -2.34. The average molecular weight is 286 g/mol. The molecule has 0 bridgehead atoms. The van der Waals surface area contributed by atoms with Crippen molar-refractivity contribution in [3.8, 4) is 6.07 Å². The largest absolute Gasteiger partial charge is 0.382 e. The molecule has 2 atom stereocenters. The summed E-state index contributed by atoms with van der Waals surface area (Å²) in [6, 6.07) is 2.06. The van der Waals surface area contributed by atoms with Gasteiger partial charge in [0.1, 0.15) is 17.7 Å². The number of anilines is 1. The van der Waals surface area contributed by atoms with Crippen LogP contribution < -0.4 is 5.73 Å². The average Bonchev–Trinajstić information content (AvgIpc) is 2.83. The van der Waals surface area contributed by atoms with Crippen molar-refractivity contribution in [1.29, 1.82) is 5.26 Å². The highest BCUT2D eigenvalue weighted by atomic mass is 16.3. The Bertz CT molecular complexity index is 718. The number of nitrogen functional groups attached to an aromatic ring is 1. The summed E-state index contributed by atoms with van der Waals surface area (Å²) in [5, 5.41) is 19.7. The maximum absolute atomic E-state index is 10.9. The molecule has 0 unspecified atom stereocenters. The summed E-state index contributed by atoms with van der Waals surface area (Å²) in [6.45, 7) is 2.26. The van der Waals surface area contributed by atoms with Crippen molar-refractivity contribution in [2.75, 3.05) is 5.73 Å². The van der Waals surface area contributed by atoms with E-state index in [0.29, 0.717) is 35.7 Å². The Hall–Kier alpha value is -2.20. The molecule has 110 valence electrons. The fourth-order valence-electron chi connectivity index (χ4n) is 3.09. The third kappa shape index (κ3) is 2.32. The van der Waals surface area contributed by atoms with Gasteiger partial charge in [-0.2, -0.15) is 5.26 Å². The van der Waals surface area contributed by atoms with Gasteiger partial charge in [-0.15, -0.1) is 0 Å². The second-order valence-electron chi connectivity index (χ2n) is 5.87. The number of nitrogens with two attached hydrogens (primary N) is 1. The monoisotopic (exact) mass is 286 g/mol. The second kappa shape index (κ2) is 4.97. The third-order valence-corrected chi connectivity index (χ3v) is 4.12. The van der Waals surface area contributed by atoms with Gasteiger partial charge in [0.15, 0.2) is 17.3 Å². The topological polar surface area (TPSA) is 114 Å². The normalized spacial score (nSPS) is 25.9. The summed E-state index contributed by atoms with van der Waals surface area (Å²) >= 11 is 0. The summed E-state index contributed by atoms with van der Waals surface area (Å²) in [7, 11) is 0. The minimum Gasteiger partial charge on any atom is -0.382 e. The number of imidazole rings is 1. The van der Waals surface area contributed by atoms with Gasteiger partial charge in [0, 0.05) is 0 Å². The maximum atomic E-state index is 10.9. The minimum absolute atomic E-state index is 0.140. The van der Waals surface area contributed by atoms with Crippen LogP contribution in [0.15, 0.2) is 6.33 Å². The highest BCUT2D eigenvalue weighted by Gasteiger charge is 2.37. The molecule has 0 spiro atoms. The molecule has 0 saturated heterocycles. The first-order valence-corrected chi connectivity index (χ1v) is 7.11. The van der Waals surface area contributed by atoms with Gasteiger partial charge in [0.2, 0.25) is 0 Å². The van der Waals surface area contributed by atoms with E-state index < -0.39 is 5.60 Å². The van der Waals surface area contributed by atoms with Gasteiger partial charge in [-0.3, -0.25) is 0 Å². The molecule has 0 aliphatic heterocycles.